The van der Waals surface area contributed by atoms with Crippen molar-refractivity contribution in [1.82, 2.24) is 5.32 Å². The molecule has 1 heterocycles. The molecular formula is C30H41NO. The number of benzene rings is 1. The number of ketones is 1. The Balaban J connectivity index is 2.55. The molecule has 0 saturated heterocycles. The molecule has 1 aromatic carbocycles. The molecule has 0 amide bonds. The average Bonchev–Trinajstić information content (AvgIpc) is 2.76. The summed E-state index contributed by atoms with van der Waals surface area (Å²) in [6, 6.07) is 8.53. The maximum atomic E-state index is 13.1. The summed E-state index contributed by atoms with van der Waals surface area (Å²) in [4.78, 5) is 13.1. The molecule has 2 atom stereocenters. The summed E-state index contributed by atoms with van der Waals surface area (Å²) in [5.74, 6) is 0.407. The molecular weight excluding hydrogens is 390 g/mol. The van der Waals surface area contributed by atoms with E-state index in [1.165, 1.54) is 16.7 Å². The molecule has 1 N–H and O–H groups in total. The molecule has 2 heteroatoms. The van der Waals surface area contributed by atoms with Crippen LogP contribution in [0.1, 0.15) is 83.8 Å². The summed E-state index contributed by atoms with van der Waals surface area (Å²) in [6.45, 7) is 25.6. The summed E-state index contributed by atoms with van der Waals surface area (Å²) in [5, 5.41) is 3.50. The van der Waals surface area contributed by atoms with Gasteiger partial charge in [0.05, 0.1) is 0 Å². The number of rotatable bonds is 11. The quantitative estimate of drug-likeness (QED) is 0.359. The number of dihydropyridines is 1. The minimum Gasteiger partial charge on any atom is -0.362 e. The van der Waals surface area contributed by atoms with Gasteiger partial charge in [-0.2, -0.15) is 0 Å². The van der Waals surface area contributed by atoms with E-state index in [0.29, 0.717) is 12.3 Å². The zero-order valence-electron chi connectivity index (χ0n) is 21.0. The standard InChI is InChI=1S/C30H41NO/c1-10-19(4)16-26(21(6)11-2)18-22(7)28-23(8)31-24(9)29(27(32)12-3)30(28)25-15-13-14-20(5)17-25/h13-15,17,26,30-31H,4,6-7,10-12,16,18H2,1-3,5,8-9H3/t26-,30-/m1/s1. The first-order valence-electron chi connectivity index (χ1n) is 11.9. The molecule has 172 valence electrons. The molecule has 0 bridgehead atoms. The van der Waals surface area contributed by atoms with Crippen LogP contribution in [0.15, 0.2) is 83.3 Å². The molecule has 32 heavy (non-hydrogen) atoms. The third-order valence-electron chi connectivity index (χ3n) is 6.70. The lowest BCUT2D eigenvalue weighted by atomic mass is 9.73. The molecule has 2 rings (SSSR count). The van der Waals surface area contributed by atoms with Crippen LogP contribution in [-0.2, 0) is 4.79 Å². The number of hydrogen-bond donors (Lipinski definition) is 1. The summed E-state index contributed by atoms with van der Waals surface area (Å²) < 4.78 is 0. The molecule has 1 aliphatic heterocycles. The fourth-order valence-corrected chi connectivity index (χ4v) is 4.76. The highest BCUT2D eigenvalue weighted by Crippen LogP contribution is 2.44. The predicted molar refractivity (Wildman–Crippen MR) is 138 cm³/mol. The first kappa shape index (κ1) is 25.6. The van der Waals surface area contributed by atoms with Crippen LogP contribution in [0.25, 0.3) is 0 Å². The van der Waals surface area contributed by atoms with Gasteiger partial charge in [-0.15, -0.1) is 0 Å². The normalized spacial score (nSPS) is 17.1. The molecule has 0 spiro atoms. The van der Waals surface area contributed by atoms with E-state index >= 15 is 0 Å². The molecule has 0 radical (unpaired) electrons. The molecule has 0 fully saturated rings. The molecule has 2 nitrogen and oxygen atoms in total. The van der Waals surface area contributed by atoms with Crippen molar-refractivity contribution < 1.29 is 4.79 Å². The van der Waals surface area contributed by atoms with E-state index in [9.17, 15) is 4.79 Å². The molecule has 0 aromatic heterocycles. The van der Waals surface area contributed by atoms with Crippen LogP contribution < -0.4 is 5.32 Å². The van der Waals surface area contributed by atoms with Gasteiger partial charge in [-0.05, 0) is 69.1 Å². The van der Waals surface area contributed by atoms with Crippen LogP contribution in [0.3, 0.4) is 0 Å². The molecule has 0 aliphatic carbocycles. The molecule has 0 unspecified atom stereocenters. The van der Waals surface area contributed by atoms with Gasteiger partial charge in [-0.1, -0.05) is 81.5 Å². The van der Waals surface area contributed by atoms with E-state index in [1.807, 2.05) is 13.8 Å². The Bertz CT molecular complexity index is 972. The Kier molecular flexibility index (Phi) is 9.07. The lowest BCUT2D eigenvalue weighted by Gasteiger charge is -2.34. The smallest absolute Gasteiger partial charge is 0.161 e. The molecule has 1 aromatic rings. The van der Waals surface area contributed by atoms with Crippen LogP contribution >= 0.6 is 0 Å². The Labute approximate surface area is 195 Å². The molecule has 0 saturated carbocycles. The third kappa shape index (κ3) is 5.79. The Morgan fingerprint density at radius 1 is 0.938 bits per heavy atom. The highest BCUT2D eigenvalue weighted by atomic mass is 16.1. The van der Waals surface area contributed by atoms with Crippen molar-refractivity contribution in [2.75, 3.05) is 0 Å². The number of Topliss-reactive ketones (excluding diaryl/α,β-unsaturated/α-hetero) is 1. The van der Waals surface area contributed by atoms with Crippen LogP contribution in [0.4, 0.5) is 0 Å². The summed E-state index contributed by atoms with van der Waals surface area (Å²) in [6.07, 6.45) is 4.18. The minimum atomic E-state index is -0.0963. The van der Waals surface area contributed by atoms with Gasteiger partial charge < -0.3 is 5.32 Å². The molecule has 1 aliphatic rings. The number of hydrogen-bond acceptors (Lipinski definition) is 2. The van der Waals surface area contributed by atoms with Gasteiger partial charge in [0.2, 0.25) is 0 Å². The second-order valence-corrected chi connectivity index (χ2v) is 9.15. The second-order valence-electron chi connectivity index (χ2n) is 9.15. The highest BCUT2D eigenvalue weighted by Gasteiger charge is 2.34. The first-order chi connectivity index (χ1) is 15.1. The van der Waals surface area contributed by atoms with Gasteiger partial charge in [-0.25, -0.2) is 0 Å². The number of carbonyl (C=O) groups excluding carboxylic acids is 1. The third-order valence-corrected chi connectivity index (χ3v) is 6.70. The SMILES string of the molecule is C=C(CC)C[C@H](CC(=C)C1=C(C)NC(C)=C(C(=O)CC)[C@@H]1c1cccc(C)c1)C(=C)CC. The van der Waals surface area contributed by atoms with Crippen LogP contribution in [0, 0.1) is 12.8 Å². The van der Waals surface area contributed by atoms with Crippen molar-refractivity contribution in [2.45, 2.75) is 79.6 Å². The summed E-state index contributed by atoms with van der Waals surface area (Å²) in [5.41, 5.74) is 9.97. The van der Waals surface area contributed by atoms with Crippen molar-refractivity contribution >= 4 is 5.78 Å². The van der Waals surface area contributed by atoms with E-state index < -0.39 is 0 Å². The van der Waals surface area contributed by atoms with Crippen molar-refractivity contribution in [3.05, 3.63) is 94.4 Å². The fraction of sp³-hybridized carbons (Fsp3) is 0.433. The highest BCUT2D eigenvalue weighted by molar-refractivity contribution is 5.98. The van der Waals surface area contributed by atoms with Gasteiger partial charge in [0.1, 0.15) is 0 Å². The van der Waals surface area contributed by atoms with E-state index in [0.717, 1.165) is 59.4 Å². The van der Waals surface area contributed by atoms with Gasteiger partial charge in [0.25, 0.3) is 0 Å². The number of carbonyl (C=O) groups is 1. The fourth-order valence-electron chi connectivity index (χ4n) is 4.76. The lowest BCUT2D eigenvalue weighted by Crippen LogP contribution is -2.29. The Morgan fingerprint density at radius 3 is 2.16 bits per heavy atom. The second kappa shape index (κ2) is 11.3. The van der Waals surface area contributed by atoms with E-state index in [1.54, 1.807) is 0 Å². The van der Waals surface area contributed by atoms with Crippen LogP contribution in [-0.4, -0.2) is 5.78 Å². The maximum Gasteiger partial charge on any atom is 0.161 e. The first-order valence-corrected chi connectivity index (χ1v) is 11.9. The van der Waals surface area contributed by atoms with Crippen molar-refractivity contribution in [2.24, 2.45) is 5.92 Å². The predicted octanol–water partition coefficient (Wildman–Crippen LogP) is 8.09. The topological polar surface area (TPSA) is 29.1 Å². The van der Waals surface area contributed by atoms with Crippen LogP contribution in [0.2, 0.25) is 0 Å². The number of aryl methyl sites for hydroxylation is 1. The van der Waals surface area contributed by atoms with Gasteiger partial charge in [0.15, 0.2) is 5.78 Å². The van der Waals surface area contributed by atoms with E-state index in [-0.39, 0.29) is 11.7 Å². The summed E-state index contributed by atoms with van der Waals surface area (Å²) >= 11 is 0. The lowest BCUT2D eigenvalue weighted by molar-refractivity contribution is -0.115. The maximum absolute atomic E-state index is 13.1. The van der Waals surface area contributed by atoms with Gasteiger partial charge >= 0.3 is 0 Å². The minimum absolute atomic E-state index is 0.0963. The van der Waals surface area contributed by atoms with E-state index in [4.69, 9.17) is 0 Å². The Hall–Kier alpha value is -2.61. The number of allylic oxidation sites excluding steroid dienone is 7. The van der Waals surface area contributed by atoms with Crippen LogP contribution in [0.5, 0.6) is 0 Å². The van der Waals surface area contributed by atoms with E-state index in [2.05, 4.69) is 77.0 Å². The average molecular weight is 432 g/mol. The largest absolute Gasteiger partial charge is 0.362 e. The summed E-state index contributed by atoms with van der Waals surface area (Å²) in [7, 11) is 0. The zero-order chi connectivity index (χ0) is 24.0. The van der Waals surface area contributed by atoms with Gasteiger partial charge in [-0.3, -0.25) is 4.79 Å². The number of nitrogens with one attached hydrogen (secondary N) is 1. The monoisotopic (exact) mass is 431 g/mol. The Morgan fingerprint density at radius 2 is 1.59 bits per heavy atom. The van der Waals surface area contributed by atoms with Gasteiger partial charge in [0, 0.05) is 29.3 Å². The zero-order valence-corrected chi connectivity index (χ0v) is 21.0. The van der Waals surface area contributed by atoms with Crippen molar-refractivity contribution in [1.29, 1.82) is 0 Å². The van der Waals surface area contributed by atoms with Crippen molar-refractivity contribution in [3.8, 4) is 0 Å². The van der Waals surface area contributed by atoms with Crippen molar-refractivity contribution in [3.63, 3.8) is 0 Å².